The van der Waals surface area contributed by atoms with Gasteiger partial charge in [-0.3, -0.25) is 4.68 Å². The molecule has 0 N–H and O–H groups in total. The van der Waals surface area contributed by atoms with Crippen LogP contribution in [0.5, 0.6) is 11.5 Å². The van der Waals surface area contributed by atoms with Crippen molar-refractivity contribution < 1.29 is 25.8 Å². The summed E-state index contributed by atoms with van der Waals surface area (Å²) in [7, 11) is 0. The quantitative estimate of drug-likeness (QED) is 0.102. The van der Waals surface area contributed by atoms with Crippen LogP contribution >= 0.6 is 0 Å². The summed E-state index contributed by atoms with van der Waals surface area (Å²) in [6.07, 6.45) is 12.1. The van der Waals surface area contributed by atoms with E-state index in [2.05, 4.69) is 137 Å². The van der Waals surface area contributed by atoms with E-state index in [-0.39, 0.29) is 26.5 Å². The van der Waals surface area contributed by atoms with Crippen LogP contribution in [0.25, 0.3) is 33.3 Å². The van der Waals surface area contributed by atoms with Crippen LogP contribution in [0, 0.1) is 25.0 Å². The zero-order valence-corrected chi connectivity index (χ0v) is 34.3. The van der Waals surface area contributed by atoms with Crippen molar-refractivity contribution in [2.75, 3.05) is 0 Å². The smallest absolute Gasteiger partial charge is 0.509 e. The van der Waals surface area contributed by atoms with E-state index in [1.807, 2.05) is 12.3 Å². The Morgan fingerprint density at radius 2 is 1.71 bits per heavy atom. The minimum absolute atomic E-state index is 0. The zero-order valence-electron chi connectivity index (χ0n) is 32.0. The van der Waals surface area contributed by atoms with Gasteiger partial charge in [-0.15, -0.1) is 41.3 Å². The molecule has 0 saturated carbocycles. The van der Waals surface area contributed by atoms with Gasteiger partial charge in [0, 0.05) is 40.4 Å². The summed E-state index contributed by atoms with van der Waals surface area (Å²) in [6.45, 7) is 18.1. The molecule has 52 heavy (non-hydrogen) atoms. The molecule has 0 spiro atoms. The van der Waals surface area contributed by atoms with Crippen LogP contribution in [-0.4, -0.2) is 19.3 Å². The van der Waals surface area contributed by atoms with Gasteiger partial charge in [-0.05, 0) is 92.1 Å². The molecule has 0 fully saturated rings. The average Bonchev–Trinajstić information content (AvgIpc) is 3.61. The number of benzene rings is 3. The molecule has 1 aliphatic carbocycles. The number of hydrogen-bond donors (Lipinski definition) is 0. The Labute approximate surface area is 324 Å². The number of unbranched alkanes of at least 4 members (excludes halogenated alkanes) is 1. The van der Waals surface area contributed by atoms with Gasteiger partial charge in [0.1, 0.15) is 5.82 Å². The molecule has 0 bridgehead atoms. The summed E-state index contributed by atoms with van der Waals surface area (Å²) < 4.78 is 11.1. The number of aromatic nitrogens is 4. The second kappa shape index (κ2) is 15.6. The maximum absolute atomic E-state index is 6.75. The molecule has 5 nitrogen and oxygen atoms in total. The van der Waals surface area contributed by atoms with Crippen molar-refractivity contribution in [1.82, 2.24) is 19.3 Å². The maximum Gasteiger partial charge on any atom is 2.00 e. The first kappa shape index (κ1) is 37.8. The minimum Gasteiger partial charge on any atom is -0.509 e. The molecule has 3 aromatic carbocycles. The molecule has 1 unspecified atom stereocenters. The van der Waals surface area contributed by atoms with Crippen molar-refractivity contribution in [3.05, 3.63) is 119 Å². The SMILES string of the molecule is CCCCc1c(C2C(C)=CCC[C@@H]2C)c(C)nn1-c1[c-]c(Oc2[c-]c3c(cc2)c2ccccc2n3-c2cc(CCC)ccn2)cc(C(C)(C)C)c1.[Pt+2]. The van der Waals surface area contributed by atoms with Crippen LogP contribution in [0.4, 0.5) is 0 Å². The summed E-state index contributed by atoms with van der Waals surface area (Å²) in [5.74, 6) is 3.18. The van der Waals surface area contributed by atoms with E-state index in [1.54, 1.807) is 0 Å². The van der Waals surface area contributed by atoms with Gasteiger partial charge in [0.05, 0.1) is 5.69 Å². The summed E-state index contributed by atoms with van der Waals surface area (Å²) in [4.78, 5) is 4.83. The molecule has 6 aromatic rings. The third kappa shape index (κ3) is 7.31. The Kier molecular flexibility index (Phi) is 11.3. The van der Waals surface area contributed by atoms with E-state index in [1.165, 1.54) is 39.8 Å². The second-order valence-electron chi connectivity index (χ2n) is 15.6. The van der Waals surface area contributed by atoms with Crippen LogP contribution < -0.4 is 4.74 Å². The molecule has 272 valence electrons. The van der Waals surface area contributed by atoms with Crippen molar-refractivity contribution in [2.45, 2.75) is 112 Å². The first-order valence-corrected chi connectivity index (χ1v) is 19.0. The molecule has 2 atom stereocenters. The van der Waals surface area contributed by atoms with E-state index < -0.39 is 0 Å². The minimum atomic E-state index is -0.108. The van der Waals surface area contributed by atoms with Gasteiger partial charge in [-0.1, -0.05) is 89.7 Å². The van der Waals surface area contributed by atoms with Crippen molar-refractivity contribution in [3.8, 4) is 23.0 Å². The number of allylic oxidation sites excluding steroid dienone is 2. The van der Waals surface area contributed by atoms with E-state index >= 15 is 0 Å². The Bertz CT molecular complexity index is 2230. The predicted octanol–water partition coefficient (Wildman–Crippen LogP) is 12.1. The summed E-state index contributed by atoms with van der Waals surface area (Å²) in [6, 6.07) is 28.7. The van der Waals surface area contributed by atoms with Crippen LogP contribution in [0.2, 0.25) is 0 Å². The Hall–Kier alpha value is -3.95. The van der Waals surface area contributed by atoms with Gasteiger partial charge in [0.15, 0.2) is 0 Å². The number of para-hydroxylation sites is 1. The fourth-order valence-corrected chi connectivity index (χ4v) is 8.05. The number of ether oxygens (including phenoxy) is 1. The number of aryl methyl sites for hydroxylation is 2. The Morgan fingerprint density at radius 3 is 2.46 bits per heavy atom. The van der Waals surface area contributed by atoms with Crippen molar-refractivity contribution in [3.63, 3.8) is 0 Å². The molecule has 0 amide bonds. The van der Waals surface area contributed by atoms with Crippen LogP contribution in [-0.2, 0) is 39.3 Å². The molecular formula is C46H52N4OPt. The van der Waals surface area contributed by atoms with Crippen LogP contribution in [0.1, 0.15) is 115 Å². The van der Waals surface area contributed by atoms with Gasteiger partial charge in [-0.2, -0.15) is 11.2 Å². The number of pyridine rings is 1. The molecule has 3 heterocycles. The number of rotatable bonds is 10. The summed E-state index contributed by atoms with van der Waals surface area (Å²) in [5.41, 5.74) is 10.6. The topological polar surface area (TPSA) is 44.9 Å². The standard InChI is InChI=1S/C46H52N4O.Pt/c1-9-11-19-41-45(44-30(3)16-14-17-31(44)4)32(5)48-50(41)35-26-34(46(6,7)8)27-37(28-35)51-36-21-22-39-38-18-12-13-20-40(38)49(42(39)29-36)43-25-33(15-10-2)23-24-47-43;/h12-13,16,18,20-27,31,44H,9-11,14-15,17,19H2,1-8H3;/q-2;+2/t31-,44?;/m0./s1. The number of nitrogens with zero attached hydrogens (tertiary/aromatic N) is 4. The molecule has 7 rings (SSSR count). The van der Waals surface area contributed by atoms with Crippen molar-refractivity contribution in [2.24, 2.45) is 5.92 Å². The number of hydrogen-bond acceptors (Lipinski definition) is 3. The van der Waals surface area contributed by atoms with Gasteiger partial charge in [0.25, 0.3) is 0 Å². The van der Waals surface area contributed by atoms with Gasteiger partial charge >= 0.3 is 21.1 Å². The Balaban J connectivity index is 0.00000464. The molecular weight excluding hydrogens is 820 g/mol. The zero-order chi connectivity index (χ0) is 35.9. The first-order chi connectivity index (χ1) is 24.6. The van der Waals surface area contributed by atoms with Gasteiger partial charge in [-0.25, -0.2) is 4.98 Å². The molecule has 3 aromatic heterocycles. The van der Waals surface area contributed by atoms with E-state index in [9.17, 15) is 0 Å². The molecule has 0 saturated heterocycles. The van der Waals surface area contributed by atoms with Gasteiger partial charge in [0.2, 0.25) is 0 Å². The monoisotopic (exact) mass is 871 g/mol. The largest absolute Gasteiger partial charge is 2.00 e. The van der Waals surface area contributed by atoms with Crippen molar-refractivity contribution in [1.29, 1.82) is 0 Å². The van der Waals surface area contributed by atoms with Crippen LogP contribution in [0.3, 0.4) is 0 Å². The van der Waals surface area contributed by atoms with E-state index in [0.29, 0.717) is 23.3 Å². The Morgan fingerprint density at radius 1 is 0.904 bits per heavy atom. The molecule has 0 aliphatic heterocycles. The fourth-order valence-electron chi connectivity index (χ4n) is 8.05. The average molecular weight is 872 g/mol. The molecule has 1 aliphatic rings. The molecule has 0 radical (unpaired) electrons. The van der Waals surface area contributed by atoms with E-state index in [0.717, 1.165) is 72.1 Å². The van der Waals surface area contributed by atoms with Gasteiger partial charge < -0.3 is 9.30 Å². The summed E-state index contributed by atoms with van der Waals surface area (Å²) >= 11 is 0. The maximum atomic E-state index is 6.75. The number of fused-ring (bicyclic) bond motifs is 3. The molecule has 6 heteroatoms. The predicted molar refractivity (Wildman–Crippen MR) is 211 cm³/mol. The first-order valence-electron chi connectivity index (χ1n) is 19.0. The van der Waals surface area contributed by atoms with Crippen molar-refractivity contribution >= 4 is 21.8 Å². The van der Waals surface area contributed by atoms with Crippen LogP contribution in [0.15, 0.2) is 78.5 Å². The van der Waals surface area contributed by atoms with E-state index in [4.69, 9.17) is 14.8 Å². The summed E-state index contributed by atoms with van der Waals surface area (Å²) in [5, 5.41) is 7.55. The fraction of sp³-hybridized carbons (Fsp3) is 0.391. The second-order valence-corrected chi connectivity index (χ2v) is 15.6. The third-order valence-electron chi connectivity index (χ3n) is 10.7. The normalized spacial score (nSPS) is 16.3. The third-order valence-corrected chi connectivity index (χ3v) is 10.7.